The lowest BCUT2D eigenvalue weighted by Crippen LogP contribution is -2.43. The average molecular weight is 224 g/mol. The number of halogens is 1. The maximum atomic E-state index is 12.7. The van der Waals surface area contributed by atoms with E-state index in [-0.39, 0.29) is 11.9 Å². The van der Waals surface area contributed by atoms with Crippen molar-refractivity contribution in [3.05, 3.63) is 35.6 Å². The van der Waals surface area contributed by atoms with E-state index in [0.717, 1.165) is 38.3 Å². The van der Waals surface area contributed by atoms with Crippen LogP contribution in [-0.4, -0.2) is 32.3 Å². The number of hydrogen-bond donors (Lipinski definition) is 2. The molecule has 1 heterocycles. The van der Waals surface area contributed by atoms with Gasteiger partial charge in [0.2, 0.25) is 0 Å². The molecule has 0 saturated carbocycles. The Balaban J connectivity index is 1.69. The van der Waals surface area contributed by atoms with Gasteiger partial charge < -0.3 is 15.4 Å². The summed E-state index contributed by atoms with van der Waals surface area (Å²) in [5.74, 6) is -0.191. The van der Waals surface area contributed by atoms with Gasteiger partial charge in [-0.15, -0.1) is 0 Å². The van der Waals surface area contributed by atoms with E-state index in [2.05, 4.69) is 10.6 Å². The van der Waals surface area contributed by atoms with Crippen LogP contribution in [0.4, 0.5) is 4.39 Å². The number of morpholine rings is 1. The van der Waals surface area contributed by atoms with Crippen molar-refractivity contribution in [1.82, 2.24) is 10.6 Å². The highest BCUT2D eigenvalue weighted by atomic mass is 19.1. The molecule has 1 unspecified atom stereocenters. The minimum absolute atomic E-state index is 0.191. The zero-order valence-electron chi connectivity index (χ0n) is 9.21. The van der Waals surface area contributed by atoms with Crippen molar-refractivity contribution < 1.29 is 9.13 Å². The third-order valence-electron chi connectivity index (χ3n) is 2.62. The maximum Gasteiger partial charge on any atom is 0.123 e. The van der Waals surface area contributed by atoms with Gasteiger partial charge in [0.15, 0.2) is 0 Å². The molecule has 1 aromatic rings. The Morgan fingerprint density at radius 2 is 2.19 bits per heavy atom. The first-order valence-corrected chi connectivity index (χ1v) is 5.62. The normalized spacial score (nSPS) is 20.9. The van der Waals surface area contributed by atoms with Gasteiger partial charge in [0.25, 0.3) is 0 Å². The van der Waals surface area contributed by atoms with Crippen LogP contribution in [0.2, 0.25) is 0 Å². The van der Waals surface area contributed by atoms with Gasteiger partial charge >= 0.3 is 0 Å². The molecule has 0 radical (unpaired) electrons. The molecule has 88 valence electrons. The second-order valence-electron chi connectivity index (χ2n) is 3.95. The van der Waals surface area contributed by atoms with Gasteiger partial charge in [0, 0.05) is 26.2 Å². The Morgan fingerprint density at radius 3 is 2.88 bits per heavy atom. The van der Waals surface area contributed by atoms with Gasteiger partial charge in [-0.25, -0.2) is 4.39 Å². The number of hydrogen-bond acceptors (Lipinski definition) is 3. The number of nitrogens with one attached hydrogen (secondary N) is 2. The standard InChI is InChI=1S/C12H17FN2O/c13-11-3-1-10(2-4-11)7-15-9-12-8-14-5-6-16-12/h1-4,12,14-15H,5-9H2. The highest BCUT2D eigenvalue weighted by molar-refractivity contribution is 5.15. The van der Waals surface area contributed by atoms with E-state index >= 15 is 0 Å². The summed E-state index contributed by atoms with van der Waals surface area (Å²) in [7, 11) is 0. The summed E-state index contributed by atoms with van der Waals surface area (Å²) in [6.45, 7) is 4.19. The first-order valence-electron chi connectivity index (χ1n) is 5.62. The molecule has 0 spiro atoms. The third-order valence-corrected chi connectivity index (χ3v) is 2.62. The van der Waals surface area contributed by atoms with Gasteiger partial charge in [-0.1, -0.05) is 12.1 Å². The van der Waals surface area contributed by atoms with Crippen LogP contribution in [0.3, 0.4) is 0 Å². The molecule has 0 bridgehead atoms. The molecular formula is C12H17FN2O. The summed E-state index contributed by atoms with van der Waals surface area (Å²) in [4.78, 5) is 0. The van der Waals surface area contributed by atoms with Gasteiger partial charge in [0.05, 0.1) is 12.7 Å². The number of rotatable bonds is 4. The Labute approximate surface area is 95.0 Å². The quantitative estimate of drug-likeness (QED) is 0.797. The molecular weight excluding hydrogens is 207 g/mol. The number of ether oxygens (including phenoxy) is 1. The maximum absolute atomic E-state index is 12.7. The third kappa shape index (κ3) is 3.56. The van der Waals surface area contributed by atoms with Crippen LogP contribution < -0.4 is 10.6 Å². The van der Waals surface area contributed by atoms with E-state index in [1.165, 1.54) is 12.1 Å². The van der Waals surface area contributed by atoms with Crippen molar-refractivity contribution in [2.45, 2.75) is 12.6 Å². The van der Waals surface area contributed by atoms with Gasteiger partial charge in [-0.3, -0.25) is 0 Å². The topological polar surface area (TPSA) is 33.3 Å². The SMILES string of the molecule is Fc1ccc(CNCC2CNCCO2)cc1. The molecule has 1 atom stereocenters. The highest BCUT2D eigenvalue weighted by Gasteiger charge is 2.11. The molecule has 4 heteroatoms. The molecule has 2 rings (SSSR count). The molecule has 0 amide bonds. The Morgan fingerprint density at radius 1 is 1.38 bits per heavy atom. The molecule has 1 fully saturated rings. The Hall–Kier alpha value is -0.970. The second kappa shape index (κ2) is 5.94. The smallest absolute Gasteiger partial charge is 0.123 e. The number of benzene rings is 1. The lowest BCUT2D eigenvalue weighted by atomic mass is 10.2. The molecule has 1 aliphatic rings. The molecule has 0 aromatic heterocycles. The largest absolute Gasteiger partial charge is 0.374 e. The van der Waals surface area contributed by atoms with Crippen LogP contribution in [0.1, 0.15) is 5.56 Å². The molecule has 2 N–H and O–H groups in total. The lowest BCUT2D eigenvalue weighted by Gasteiger charge is -2.23. The Kier molecular flexibility index (Phi) is 4.27. The van der Waals surface area contributed by atoms with E-state index in [9.17, 15) is 4.39 Å². The van der Waals surface area contributed by atoms with Crippen LogP contribution in [0.25, 0.3) is 0 Å². The molecule has 1 saturated heterocycles. The summed E-state index contributed by atoms with van der Waals surface area (Å²) in [6.07, 6.45) is 0.245. The molecule has 3 nitrogen and oxygen atoms in total. The first-order chi connectivity index (χ1) is 7.84. The minimum atomic E-state index is -0.191. The second-order valence-corrected chi connectivity index (χ2v) is 3.95. The van der Waals surface area contributed by atoms with Crippen molar-refractivity contribution in [2.75, 3.05) is 26.2 Å². The van der Waals surface area contributed by atoms with Crippen LogP contribution in [0.15, 0.2) is 24.3 Å². The predicted molar refractivity (Wildman–Crippen MR) is 60.7 cm³/mol. The van der Waals surface area contributed by atoms with Crippen LogP contribution in [0, 0.1) is 5.82 Å². The van der Waals surface area contributed by atoms with Gasteiger partial charge in [-0.2, -0.15) is 0 Å². The van der Waals surface area contributed by atoms with Gasteiger partial charge in [-0.05, 0) is 17.7 Å². The monoisotopic (exact) mass is 224 g/mol. The van der Waals surface area contributed by atoms with Crippen LogP contribution in [-0.2, 0) is 11.3 Å². The van der Waals surface area contributed by atoms with E-state index < -0.39 is 0 Å². The summed E-state index contributed by atoms with van der Waals surface area (Å²) in [6, 6.07) is 6.55. The van der Waals surface area contributed by atoms with Crippen LogP contribution in [0.5, 0.6) is 0 Å². The summed E-state index contributed by atoms with van der Waals surface area (Å²) in [5.41, 5.74) is 1.09. The zero-order valence-corrected chi connectivity index (χ0v) is 9.21. The van der Waals surface area contributed by atoms with Crippen molar-refractivity contribution in [1.29, 1.82) is 0 Å². The molecule has 0 aliphatic carbocycles. The van der Waals surface area contributed by atoms with Crippen molar-refractivity contribution in [2.24, 2.45) is 0 Å². The fraction of sp³-hybridized carbons (Fsp3) is 0.500. The highest BCUT2D eigenvalue weighted by Crippen LogP contribution is 2.02. The van der Waals surface area contributed by atoms with E-state index in [4.69, 9.17) is 4.74 Å². The van der Waals surface area contributed by atoms with E-state index in [0.29, 0.717) is 0 Å². The summed E-state index contributed by atoms with van der Waals surface area (Å²) in [5, 5.41) is 6.58. The molecule has 16 heavy (non-hydrogen) atoms. The molecule has 1 aliphatic heterocycles. The fourth-order valence-corrected chi connectivity index (χ4v) is 1.73. The molecule has 1 aromatic carbocycles. The van der Waals surface area contributed by atoms with Crippen molar-refractivity contribution in [3.63, 3.8) is 0 Å². The zero-order chi connectivity index (χ0) is 11.2. The van der Waals surface area contributed by atoms with Gasteiger partial charge in [0.1, 0.15) is 5.82 Å². The van der Waals surface area contributed by atoms with Crippen molar-refractivity contribution >= 4 is 0 Å². The van der Waals surface area contributed by atoms with Crippen LogP contribution >= 0.6 is 0 Å². The minimum Gasteiger partial charge on any atom is -0.374 e. The van der Waals surface area contributed by atoms with Crippen molar-refractivity contribution in [3.8, 4) is 0 Å². The summed E-state index contributed by atoms with van der Waals surface area (Å²) < 4.78 is 18.2. The predicted octanol–water partition coefficient (Wildman–Crippen LogP) is 0.904. The first kappa shape index (κ1) is 11.5. The average Bonchev–Trinajstić information content (AvgIpc) is 2.33. The fourth-order valence-electron chi connectivity index (χ4n) is 1.73. The Bertz CT molecular complexity index is 309. The summed E-state index contributed by atoms with van der Waals surface area (Å²) >= 11 is 0. The lowest BCUT2D eigenvalue weighted by molar-refractivity contribution is 0.0290. The van der Waals surface area contributed by atoms with E-state index in [1.807, 2.05) is 0 Å². The van der Waals surface area contributed by atoms with E-state index in [1.54, 1.807) is 12.1 Å².